The number of aromatic nitrogens is 4. The number of nitrogens with zero attached hydrogens (tertiary/aromatic N) is 4. The molecule has 0 radical (unpaired) electrons. The van der Waals surface area contributed by atoms with Gasteiger partial charge in [-0.1, -0.05) is 12.2 Å². The highest BCUT2D eigenvalue weighted by Crippen LogP contribution is 2.42. The van der Waals surface area contributed by atoms with E-state index in [2.05, 4.69) is 27.7 Å². The normalized spacial score (nSPS) is 23.5. The van der Waals surface area contributed by atoms with Gasteiger partial charge in [-0.3, -0.25) is 9.59 Å². The zero-order chi connectivity index (χ0) is 18.3. The van der Waals surface area contributed by atoms with E-state index in [4.69, 9.17) is 0 Å². The Bertz CT molecular complexity index is 926. The first-order chi connectivity index (χ1) is 12.5. The number of hydrogen-bond donors (Lipinski definition) is 1. The van der Waals surface area contributed by atoms with Gasteiger partial charge in [0.2, 0.25) is 5.91 Å². The Kier molecular flexibility index (Phi) is 4.22. The molecular weight excluding hydrogens is 330 g/mol. The van der Waals surface area contributed by atoms with E-state index >= 15 is 0 Å². The molecule has 0 unspecified atom stereocenters. The first-order valence-corrected chi connectivity index (χ1v) is 9.06. The van der Waals surface area contributed by atoms with Crippen LogP contribution in [-0.2, 0) is 11.3 Å². The predicted molar refractivity (Wildman–Crippen MR) is 96.9 cm³/mol. The van der Waals surface area contributed by atoms with Gasteiger partial charge in [0.25, 0.3) is 5.56 Å². The summed E-state index contributed by atoms with van der Waals surface area (Å²) in [5, 5.41) is 11.6. The monoisotopic (exact) mass is 353 g/mol. The number of rotatable bonds is 5. The van der Waals surface area contributed by atoms with E-state index in [1.54, 1.807) is 10.7 Å². The van der Waals surface area contributed by atoms with Gasteiger partial charge >= 0.3 is 0 Å². The van der Waals surface area contributed by atoms with E-state index in [9.17, 15) is 9.59 Å². The number of amides is 1. The minimum Gasteiger partial charge on any atom is -0.354 e. The minimum atomic E-state index is -0.298. The number of carbonyl (C=O) groups is 1. The molecule has 26 heavy (non-hydrogen) atoms. The summed E-state index contributed by atoms with van der Waals surface area (Å²) in [6, 6.07) is 4.98. The van der Waals surface area contributed by atoms with Crippen molar-refractivity contribution >= 4 is 5.91 Å². The molecule has 2 aliphatic rings. The Morgan fingerprint density at radius 2 is 2.08 bits per heavy atom. The molecule has 4 rings (SSSR count). The van der Waals surface area contributed by atoms with Crippen molar-refractivity contribution in [2.24, 2.45) is 17.8 Å². The van der Waals surface area contributed by atoms with Crippen LogP contribution in [0, 0.1) is 31.6 Å². The average Bonchev–Trinajstić information content (AvgIpc) is 3.30. The van der Waals surface area contributed by atoms with Gasteiger partial charge in [-0.15, -0.1) is 5.10 Å². The Balaban J connectivity index is 1.43. The van der Waals surface area contributed by atoms with E-state index in [-0.39, 0.29) is 18.0 Å². The molecule has 136 valence electrons. The van der Waals surface area contributed by atoms with Crippen molar-refractivity contribution in [3.8, 4) is 5.82 Å². The molecule has 0 aliphatic heterocycles. The molecule has 1 amide bonds. The van der Waals surface area contributed by atoms with Crippen LogP contribution in [0.1, 0.15) is 24.2 Å². The number of aryl methyl sites for hydroxylation is 2. The van der Waals surface area contributed by atoms with Crippen molar-refractivity contribution in [2.75, 3.05) is 6.54 Å². The first-order valence-electron chi connectivity index (χ1n) is 9.06. The lowest BCUT2D eigenvalue weighted by molar-refractivity contribution is -0.122. The summed E-state index contributed by atoms with van der Waals surface area (Å²) in [5.41, 5.74) is 1.50. The molecule has 7 heteroatoms. The van der Waals surface area contributed by atoms with E-state index in [0.29, 0.717) is 30.1 Å². The van der Waals surface area contributed by atoms with Crippen LogP contribution in [0.15, 0.2) is 35.1 Å². The van der Waals surface area contributed by atoms with Crippen molar-refractivity contribution in [3.05, 3.63) is 52.1 Å². The van der Waals surface area contributed by atoms with Gasteiger partial charge in [-0.05, 0) is 56.6 Å². The fourth-order valence-electron chi connectivity index (χ4n) is 4.09. The smallest absolute Gasteiger partial charge is 0.267 e. The highest BCUT2D eigenvalue weighted by molar-refractivity contribution is 5.75. The van der Waals surface area contributed by atoms with Crippen molar-refractivity contribution in [2.45, 2.75) is 33.2 Å². The maximum atomic E-state index is 12.3. The van der Waals surface area contributed by atoms with Crippen molar-refractivity contribution in [1.29, 1.82) is 0 Å². The minimum absolute atomic E-state index is 0.0807. The van der Waals surface area contributed by atoms with Crippen LogP contribution in [0.5, 0.6) is 0 Å². The summed E-state index contributed by atoms with van der Waals surface area (Å²) in [4.78, 5) is 24.4. The van der Waals surface area contributed by atoms with Crippen LogP contribution in [0.3, 0.4) is 0 Å². The molecule has 7 nitrogen and oxygen atoms in total. The summed E-state index contributed by atoms with van der Waals surface area (Å²) in [7, 11) is 0. The van der Waals surface area contributed by atoms with Gasteiger partial charge < -0.3 is 5.32 Å². The Morgan fingerprint density at radius 3 is 2.73 bits per heavy atom. The molecule has 2 aromatic heterocycles. The third-order valence-corrected chi connectivity index (χ3v) is 5.35. The summed E-state index contributed by atoms with van der Waals surface area (Å²) in [6.07, 6.45) is 6.92. The number of nitrogens with one attached hydrogen (secondary N) is 1. The highest BCUT2D eigenvalue weighted by Gasteiger charge is 2.35. The molecule has 2 heterocycles. The fraction of sp³-hybridized carbons (Fsp3) is 0.474. The fourth-order valence-corrected chi connectivity index (χ4v) is 4.09. The molecule has 2 aromatic rings. The maximum Gasteiger partial charge on any atom is 0.267 e. The lowest BCUT2D eigenvalue weighted by atomic mass is 9.94. The van der Waals surface area contributed by atoms with Crippen LogP contribution in [0.4, 0.5) is 0 Å². The molecular formula is C19H23N5O2. The largest absolute Gasteiger partial charge is 0.354 e. The number of carbonyl (C=O) groups excluding carboxylic acids is 1. The lowest BCUT2D eigenvalue weighted by Crippen LogP contribution is -2.37. The van der Waals surface area contributed by atoms with Gasteiger partial charge in [-0.25, -0.2) is 9.36 Å². The standard InChI is InChI=1S/C19H23N5O2/c1-12-7-13(2)24(21-12)17-5-6-19(26)23(22-17)11-18(25)20-10-16-9-14-3-4-15(16)8-14/h3-7,14-16H,8-11H2,1-2H3,(H,20,25)/t14-,15+,16+/m0/s1. The number of fused-ring (bicyclic) bond motifs is 2. The number of allylic oxidation sites excluding steroid dienone is 2. The lowest BCUT2D eigenvalue weighted by Gasteiger charge is -2.18. The van der Waals surface area contributed by atoms with Crippen molar-refractivity contribution in [1.82, 2.24) is 24.9 Å². The van der Waals surface area contributed by atoms with Gasteiger partial charge in [-0.2, -0.15) is 5.10 Å². The quantitative estimate of drug-likeness (QED) is 0.823. The molecule has 1 saturated carbocycles. The van der Waals surface area contributed by atoms with Crippen molar-refractivity contribution < 1.29 is 4.79 Å². The zero-order valence-corrected chi connectivity index (χ0v) is 15.1. The SMILES string of the molecule is Cc1cc(C)n(-c2ccc(=O)n(CC(=O)NC[C@H]3C[C@H]4C=C[C@@H]3C4)n2)n1. The first kappa shape index (κ1) is 16.8. The van der Waals surface area contributed by atoms with Gasteiger partial charge in [0.15, 0.2) is 5.82 Å². The Morgan fingerprint density at radius 1 is 1.23 bits per heavy atom. The molecule has 1 fully saturated rings. The van der Waals surface area contributed by atoms with Crippen LogP contribution >= 0.6 is 0 Å². The predicted octanol–water partition coefficient (Wildman–Crippen LogP) is 1.37. The topological polar surface area (TPSA) is 81.8 Å². The summed E-state index contributed by atoms with van der Waals surface area (Å²) in [5.74, 6) is 2.14. The van der Waals surface area contributed by atoms with Crippen LogP contribution < -0.4 is 10.9 Å². The van der Waals surface area contributed by atoms with Gasteiger partial charge in [0.05, 0.1) is 5.69 Å². The van der Waals surface area contributed by atoms with Gasteiger partial charge in [0, 0.05) is 18.3 Å². The summed E-state index contributed by atoms with van der Waals surface area (Å²) >= 11 is 0. The summed E-state index contributed by atoms with van der Waals surface area (Å²) < 4.78 is 2.87. The Labute approximate surface area is 151 Å². The van der Waals surface area contributed by atoms with Gasteiger partial charge in [0.1, 0.15) is 6.54 Å². The second-order valence-corrected chi connectivity index (χ2v) is 7.37. The van der Waals surface area contributed by atoms with Crippen LogP contribution in [0.25, 0.3) is 5.82 Å². The third kappa shape index (κ3) is 3.21. The molecule has 2 aliphatic carbocycles. The van der Waals surface area contributed by atoms with Crippen molar-refractivity contribution in [3.63, 3.8) is 0 Å². The molecule has 3 atom stereocenters. The second-order valence-electron chi connectivity index (χ2n) is 7.37. The third-order valence-electron chi connectivity index (χ3n) is 5.35. The van der Waals surface area contributed by atoms with E-state index in [0.717, 1.165) is 17.8 Å². The maximum absolute atomic E-state index is 12.3. The Hall–Kier alpha value is -2.70. The number of hydrogen-bond acceptors (Lipinski definition) is 4. The molecule has 2 bridgehead atoms. The summed E-state index contributed by atoms with van der Waals surface area (Å²) in [6.45, 7) is 4.41. The van der Waals surface area contributed by atoms with Crippen LogP contribution in [0.2, 0.25) is 0 Å². The van der Waals surface area contributed by atoms with E-state index in [1.807, 2.05) is 19.9 Å². The molecule has 0 saturated heterocycles. The zero-order valence-electron chi connectivity index (χ0n) is 15.1. The van der Waals surface area contributed by atoms with E-state index in [1.165, 1.54) is 17.2 Å². The molecule has 1 N–H and O–H groups in total. The van der Waals surface area contributed by atoms with E-state index < -0.39 is 0 Å². The highest BCUT2D eigenvalue weighted by atomic mass is 16.2. The second kappa shape index (κ2) is 6.55. The molecule has 0 aromatic carbocycles. The van der Waals surface area contributed by atoms with Crippen LogP contribution in [-0.4, -0.2) is 32.0 Å². The average molecular weight is 353 g/mol. The molecule has 0 spiro atoms.